The Morgan fingerprint density at radius 3 is 3.00 bits per heavy atom. The quantitative estimate of drug-likeness (QED) is 0.830. The normalized spacial score (nSPS) is 23.7. The van der Waals surface area contributed by atoms with E-state index in [4.69, 9.17) is 0 Å². The molecule has 1 aromatic carbocycles. The lowest BCUT2D eigenvalue weighted by Gasteiger charge is -2.29. The first-order valence-electron chi connectivity index (χ1n) is 8.30. The number of amides is 1. The predicted octanol–water partition coefficient (Wildman–Crippen LogP) is 2.55. The van der Waals surface area contributed by atoms with Crippen molar-refractivity contribution < 1.29 is 9.90 Å². The minimum absolute atomic E-state index is 0.0340. The van der Waals surface area contributed by atoms with E-state index in [0.717, 1.165) is 30.5 Å². The molecule has 2 unspecified atom stereocenters. The highest BCUT2D eigenvalue weighted by Gasteiger charge is 2.38. The fraction of sp³-hybridized carbons (Fsp3) is 0.368. The summed E-state index contributed by atoms with van der Waals surface area (Å²) in [6.45, 7) is 2.13. The molecule has 1 aromatic heterocycles. The van der Waals surface area contributed by atoms with Crippen LogP contribution >= 0.6 is 0 Å². The first-order chi connectivity index (χ1) is 11.6. The van der Waals surface area contributed by atoms with E-state index in [1.807, 2.05) is 43.5 Å². The number of nitrogens with zero attached hydrogens (tertiary/aromatic N) is 2. The third-order valence-electron chi connectivity index (χ3n) is 4.81. The van der Waals surface area contributed by atoms with Gasteiger partial charge in [0.1, 0.15) is 0 Å². The molecule has 3 rings (SSSR count). The molecule has 5 nitrogen and oxygen atoms in total. The van der Waals surface area contributed by atoms with E-state index in [-0.39, 0.29) is 24.0 Å². The van der Waals surface area contributed by atoms with Gasteiger partial charge in [-0.1, -0.05) is 31.5 Å². The van der Waals surface area contributed by atoms with Gasteiger partial charge >= 0.3 is 0 Å². The number of aliphatic hydroxyl groups excluding tert-OH is 1. The Balaban J connectivity index is 1.62. The Hall–Kier alpha value is -2.40. The van der Waals surface area contributed by atoms with Gasteiger partial charge < -0.3 is 10.4 Å². The Kier molecular flexibility index (Phi) is 4.81. The van der Waals surface area contributed by atoms with Crippen molar-refractivity contribution in [1.82, 2.24) is 15.1 Å². The number of para-hydroxylation sites is 1. The summed E-state index contributed by atoms with van der Waals surface area (Å²) in [6, 6.07) is 9.86. The highest BCUT2D eigenvalue weighted by Crippen LogP contribution is 2.37. The fourth-order valence-electron chi connectivity index (χ4n) is 3.20. The third-order valence-corrected chi connectivity index (χ3v) is 4.81. The number of hydrogen-bond donors (Lipinski definition) is 2. The largest absolute Gasteiger partial charge is 0.396 e. The van der Waals surface area contributed by atoms with Crippen molar-refractivity contribution >= 4 is 12.0 Å². The number of rotatable bonds is 5. The highest BCUT2D eigenvalue weighted by atomic mass is 16.3. The number of benzene rings is 1. The summed E-state index contributed by atoms with van der Waals surface area (Å²) in [5, 5.41) is 16.9. The molecule has 24 heavy (non-hydrogen) atoms. The average Bonchev–Trinajstić information content (AvgIpc) is 3.22. The molecule has 0 radical (unpaired) electrons. The number of aliphatic hydroxyl groups is 1. The van der Waals surface area contributed by atoms with Crippen LogP contribution in [0.25, 0.3) is 11.8 Å². The van der Waals surface area contributed by atoms with Crippen molar-refractivity contribution in [2.45, 2.75) is 32.2 Å². The molecule has 0 spiro atoms. The zero-order chi connectivity index (χ0) is 17.0. The molecule has 2 N–H and O–H groups in total. The summed E-state index contributed by atoms with van der Waals surface area (Å²) < 4.78 is 1.78. The second kappa shape index (κ2) is 7.01. The van der Waals surface area contributed by atoms with Crippen LogP contribution in [0.15, 0.2) is 48.8 Å². The second-order valence-electron chi connectivity index (χ2n) is 6.65. The van der Waals surface area contributed by atoms with Crippen LogP contribution in [0, 0.1) is 5.41 Å². The number of hydrogen-bond acceptors (Lipinski definition) is 3. The fourth-order valence-corrected chi connectivity index (χ4v) is 3.20. The van der Waals surface area contributed by atoms with Crippen LogP contribution in [-0.2, 0) is 4.79 Å². The molecular weight excluding hydrogens is 302 g/mol. The maximum atomic E-state index is 12.1. The summed E-state index contributed by atoms with van der Waals surface area (Å²) in [4.78, 5) is 12.1. The highest BCUT2D eigenvalue weighted by molar-refractivity contribution is 5.91. The van der Waals surface area contributed by atoms with Gasteiger partial charge in [0.2, 0.25) is 5.91 Å². The van der Waals surface area contributed by atoms with E-state index in [0.29, 0.717) is 0 Å². The Bertz CT molecular complexity index is 723. The first kappa shape index (κ1) is 16.5. The van der Waals surface area contributed by atoms with E-state index < -0.39 is 0 Å². The lowest BCUT2D eigenvalue weighted by Crippen LogP contribution is -2.44. The predicted molar refractivity (Wildman–Crippen MR) is 93.6 cm³/mol. The van der Waals surface area contributed by atoms with Crippen LogP contribution in [0.1, 0.15) is 31.7 Å². The van der Waals surface area contributed by atoms with Crippen LogP contribution < -0.4 is 5.32 Å². The molecule has 1 aliphatic rings. The summed E-state index contributed by atoms with van der Waals surface area (Å²) in [6.07, 6.45) is 9.80. The van der Waals surface area contributed by atoms with Gasteiger partial charge in [-0.2, -0.15) is 5.10 Å². The molecule has 1 fully saturated rings. The van der Waals surface area contributed by atoms with E-state index >= 15 is 0 Å². The summed E-state index contributed by atoms with van der Waals surface area (Å²) in [7, 11) is 0. The average molecular weight is 325 g/mol. The number of carbonyl (C=O) groups is 1. The summed E-state index contributed by atoms with van der Waals surface area (Å²) in [5.41, 5.74) is 1.64. The molecular formula is C19H23N3O2. The van der Waals surface area contributed by atoms with Gasteiger partial charge in [-0.15, -0.1) is 0 Å². The monoisotopic (exact) mass is 325 g/mol. The zero-order valence-corrected chi connectivity index (χ0v) is 13.9. The van der Waals surface area contributed by atoms with Gasteiger partial charge in [0, 0.05) is 29.3 Å². The molecule has 1 saturated carbocycles. The summed E-state index contributed by atoms with van der Waals surface area (Å²) in [5.74, 6) is -0.131. The lowest BCUT2D eigenvalue weighted by atomic mass is 9.86. The maximum Gasteiger partial charge on any atom is 0.244 e. The van der Waals surface area contributed by atoms with Gasteiger partial charge in [0.05, 0.1) is 18.5 Å². The first-order valence-corrected chi connectivity index (χ1v) is 8.30. The van der Waals surface area contributed by atoms with Crippen molar-refractivity contribution in [2.24, 2.45) is 5.41 Å². The van der Waals surface area contributed by atoms with Gasteiger partial charge in [-0.3, -0.25) is 4.79 Å². The van der Waals surface area contributed by atoms with E-state index in [9.17, 15) is 9.90 Å². The van der Waals surface area contributed by atoms with E-state index in [1.54, 1.807) is 17.0 Å². The van der Waals surface area contributed by atoms with Gasteiger partial charge in [-0.05, 0) is 31.1 Å². The van der Waals surface area contributed by atoms with Gasteiger partial charge in [-0.25, -0.2) is 4.68 Å². The van der Waals surface area contributed by atoms with Gasteiger partial charge in [0.25, 0.3) is 0 Å². The molecule has 1 amide bonds. The molecule has 5 heteroatoms. The Labute approximate surface area is 142 Å². The molecule has 0 bridgehead atoms. The van der Waals surface area contributed by atoms with E-state index in [2.05, 4.69) is 10.4 Å². The number of nitrogens with one attached hydrogen (secondary N) is 1. The van der Waals surface area contributed by atoms with Gasteiger partial charge in [0.15, 0.2) is 0 Å². The minimum atomic E-state index is -0.207. The van der Waals surface area contributed by atoms with E-state index in [1.165, 1.54) is 6.08 Å². The van der Waals surface area contributed by atoms with Crippen LogP contribution in [0.2, 0.25) is 0 Å². The molecule has 2 aromatic rings. The smallest absolute Gasteiger partial charge is 0.244 e. The van der Waals surface area contributed by atoms with Crippen LogP contribution in [0.4, 0.5) is 0 Å². The third kappa shape index (κ3) is 3.57. The molecule has 0 aliphatic heterocycles. The lowest BCUT2D eigenvalue weighted by molar-refractivity contribution is -0.117. The Morgan fingerprint density at radius 1 is 1.46 bits per heavy atom. The van der Waals surface area contributed by atoms with Crippen molar-refractivity contribution in [1.29, 1.82) is 0 Å². The van der Waals surface area contributed by atoms with Crippen LogP contribution in [-0.4, -0.2) is 33.4 Å². The maximum absolute atomic E-state index is 12.1. The standard InChI is InChI=1S/C19H23N3O2/c1-19(14-23)11-5-8-17(19)21-18(24)10-9-15-12-20-22(13-15)16-6-3-2-4-7-16/h2-4,6-7,9-10,12-13,17,23H,5,8,11,14H2,1H3,(H,21,24)/b10-9+. The molecule has 2 atom stereocenters. The summed E-state index contributed by atoms with van der Waals surface area (Å²) >= 11 is 0. The molecule has 126 valence electrons. The van der Waals surface area contributed by atoms with Crippen molar-refractivity contribution in [3.8, 4) is 5.69 Å². The Morgan fingerprint density at radius 2 is 2.25 bits per heavy atom. The topological polar surface area (TPSA) is 67.2 Å². The number of carbonyl (C=O) groups excluding carboxylic acids is 1. The minimum Gasteiger partial charge on any atom is -0.396 e. The molecule has 0 saturated heterocycles. The zero-order valence-electron chi connectivity index (χ0n) is 13.9. The van der Waals surface area contributed by atoms with Crippen molar-refractivity contribution in [3.05, 3.63) is 54.4 Å². The molecule has 1 aliphatic carbocycles. The number of aromatic nitrogens is 2. The molecule has 1 heterocycles. The van der Waals surface area contributed by atoms with Crippen LogP contribution in [0.5, 0.6) is 0 Å². The SMILES string of the molecule is CC1(CO)CCCC1NC(=O)/C=C/c1cnn(-c2ccccc2)c1. The van der Waals surface area contributed by atoms with Crippen molar-refractivity contribution in [2.75, 3.05) is 6.61 Å². The van der Waals surface area contributed by atoms with Crippen LogP contribution in [0.3, 0.4) is 0 Å². The second-order valence-corrected chi connectivity index (χ2v) is 6.65. The van der Waals surface area contributed by atoms with Crippen molar-refractivity contribution in [3.63, 3.8) is 0 Å².